The molecule has 0 saturated heterocycles. The van der Waals surface area contributed by atoms with Crippen molar-refractivity contribution >= 4 is 29.1 Å². The molecule has 0 bridgehead atoms. The van der Waals surface area contributed by atoms with Gasteiger partial charge in [-0.2, -0.15) is 0 Å². The second-order valence-corrected chi connectivity index (χ2v) is 7.98. The van der Waals surface area contributed by atoms with Crippen LogP contribution in [0.5, 0.6) is 11.5 Å². The molecular weight excluding hydrogens is 414 g/mol. The van der Waals surface area contributed by atoms with Gasteiger partial charge in [0.1, 0.15) is 11.5 Å². The standard InChI is InChI=1S/C23H29N3O4S/c1-15(2)11-12-29-19-8-6-18(7-9-19)22(28)24-23(31)26-25-21(27)14-30-20-10-5-16(3)13-17(20)4/h5-10,13,15H,11-12,14H2,1-4H3,(H,25,27)(H2,24,26,28,31). The second-order valence-electron chi connectivity index (χ2n) is 7.57. The molecule has 0 atom stereocenters. The first kappa shape index (κ1) is 24.1. The molecule has 3 N–H and O–H groups in total. The Morgan fingerprint density at radius 1 is 1.00 bits per heavy atom. The van der Waals surface area contributed by atoms with Gasteiger partial charge in [0.2, 0.25) is 0 Å². The van der Waals surface area contributed by atoms with Gasteiger partial charge < -0.3 is 9.47 Å². The van der Waals surface area contributed by atoms with Gasteiger partial charge in [-0.15, -0.1) is 0 Å². The van der Waals surface area contributed by atoms with E-state index in [1.807, 2.05) is 32.0 Å². The SMILES string of the molecule is Cc1ccc(OCC(=O)NNC(=S)NC(=O)c2ccc(OCCC(C)C)cc2)c(C)c1. The number of hydrogen-bond acceptors (Lipinski definition) is 5. The summed E-state index contributed by atoms with van der Waals surface area (Å²) in [5, 5.41) is 2.48. The van der Waals surface area contributed by atoms with Crippen LogP contribution in [0.2, 0.25) is 0 Å². The number of thiocarbonyl (C=S) groups is 1. The fourth-order valence-corrected chi connectivity index (χ4v) is 2.73. The molecule has 0 aliphatic rings. The lowest BCUT2D eigenvalue weighted by Gasteiger charge is -2.13. The van der Waals surface area contributed by atoms with Gasteiger partial charge in [0.25, 0.3) is 11.8 Å². The molecule has 0 spiro atoms. The molecule has 0 unspecified atom stereocenters. The second kappa shape index (κ2) is 11.9. The van der Waals surface area contributed by atoms with E-state index in [1.165, 1.54) is 0 Å². The van der Waals surface area contributed by atoms with Crippen LogP contribution in [0.15, 0.2) is 42.5 Å². The van der Waals surface area contributed by atoms with Gasteiger partial charge in [0, 0.05) is 5.56 Å². The number of carbonyl (C=O) groups is 2. The third-order valence-electron chi connectivity index (χ3n) is 4.31. The van der Waals surface area contributed by atoms with E-state index in [4.69, 9.17) is 21.7 Å². The molecule has 7 nitrogen and oxygen atoms in total. The highest BCUT2D eigenvalue weighted by Gasteiger charge is 2.10. The number of hydrogen-bond donors (Lipinski definition) is 3. The van der Waals surface area contributed by atoms with Crippen molar-refractivity contribution in [3.05, 3.63) is 59.2 Å². The highest BCUT2D eigenvalue weighted by molar-refractivity contribution is 7.80. The maximum atomic E-state index is 12.3. The Morgan fingerprint density at radius 2 is 1.71 bits per heavy atom. The number of nitrogens with one attached hydrogen (secondary N) is 3. The van der Waals surface area contributed by atoms with Crippen LogP contribution in [0.25, 0.3) is 0 Å². The summed E-state index contributed by atoms with van der Waals surface area (Å²) in [7, 11) is 0. The zero-order chi connectivity index (χ0) is 22.8. The first-order valence-corrected chi connectivity index (χ1v) is 10.5. The lowest BCUT2D eigenvalue weighted by molar-refractivity contribution is -0.123. The quantitative estimate of drug-likeness (QED) is 0.428. The normalized spacial score (nSPS) is 10.4. The maximum absolute atomic E-state index is 12.3. The molecule has 0 fully saturated rings. The summed E-state index contributed by atoms with van der Waals surface area (Å²) in [6.45, 7) is 8.60. The van der Waals surface area contributed by atoms with E-state index >= 15 is 0 Å². The highest BCUT2D eigenvalue weighted by atomic mass is 32.1. The number of ether oxygens (including phenoxy) is 2. The molecule has 2 rings (SSSR count). The summed E-state index contributed by atoms with van der Waals surface area (Å²) >= 11 is 5.05. The Labute approximate surface area is 188 Å². The average molecular weight is 444 g/mol. The summed E-state index contributed by atoms with van der Waals surface area (Å²) in [6, 6.07) is 12.5. The number of benzene rings is 2. The summed E-state index contributed by atoms with van der Waals surface area (Å²) in [5.74, 6) is 1.08. The van der Waals surface area contributed by atoms with Crippen LogP contribution >= 0.6 is 12.2 Å². The van der Waals surface area contributed by atoms with Crippen LogP contribution in [-0.4, -0.2) is 30.1 Å². The third-order valence-corrected chi connectivity index (χ3v) is 4.52. The highest BCUT2D eigenvalue weighted by Crippen LogP contribution is 2.18. The number of carbonyl (C=O) groups excluding carboxylic acids is 2. The van der Waals surface area contributed by atoms with Crippen LogP contribution in [0.4, 0.5) is 0 Å². The van der Waals surface area contributed by atoms with Gasteiger partial charge in [-0.25, -0.2) is 0 Å². The fraction of sp³-hybridized carbons (Fsp3) is 0.348. The van der Waals surface area contributed by atoms with Gasteiger partial charge >= 0.3 is 0 Å². The predicted molar refractivity (Wildman–Crippen MR) is 124 cm³/mol. The Hall–Kier alpha value is -3.13. The predicted octanol–water partition coefficient (Wildman–Crippen LogP) is 3.44. The molecule has 31 heavy (non-hydrogen) atoms. The molecule has 2 amide bonds. The van der Waals surface area contributed by atoms with E-state index in [-0.39, 0.29) is 11.7 Å². The molecule has 0 heterocycles. The molecule has 8 heteroatoms. The largest absolute Gasteiger partial charge is 0.494 e. The zero-order valence-electron chi connectivity index (χ0n) is 18.3. The van der Waals surface area contributed by atoms with E-state index in [1.54, 1.807) is 24.3 Å². The van der Waals surface area contributed by atoms with Crippen molar-refractivity contribution in [2.45, 2.75) is 34.1 Å². The molecule has 2 aromatic carbocycles. The van der Waals surface area contributed by atoms with E-state index < -0.39 is 11.8 Å². The van der Waals surface area contributed by atoms with Gasteiger partial charge in [-0.1, -0.05) is 31.5 Å². The number of hydrazine groups is 1. The topological polar surface area (TPSA) is 88.7 Å². The summed E-state index contributed by atoms with van der Waals surface area (Å²) in [4.78, 5) is 24.2. The van der Waals surface area contributed by atoms with E-state index in [2.05, 4.69) is 30.0 Å². The molecule has 2 aromatic rings. The molecule has 166 valence electrons. The van der Waals surface area contributed by atoms with Crippen LogP contribution in [-0.2, 0) is 4.79 Å². The van der Waals surface area contributed by atoms with Crippen LogP contribution < -0.4 is 25.6 Å². The maximum Gasteiger partial charge on any atom is 0.276 e. The first-order chi connectivity index (χ1) is 14.7. The monoisotopic (exact) mass is 443 g/mol. The summed E-state index contributed by atoms with van der Waals surface area (Å²) in [6.07, 6.45) is 0.962. The smallest absolute Gasteiger partial charge is 0.276 e. The van der Waals surface area contributed by atoms with E-state index in [0.29, 0.717) is 29.6 Å². The number of amides is 2. The van der Waals surface area contributed by atoms with Crippen molar-refractivity contribution in [1.82, 2.24) is 16.2 Å². The lowest BCUT2D eigenvalue weighted by atomic mass is 10.1. The Bertz CT molecular complexity index is 914. The van der Waals surface area contributed by atoms with Gasteiger partial charge in [0.05, 0.1) is 6.61 Å². The first-order valence-electron chi connectivity index (χ1n) is 10.1. The van der Waals surface area contributed by atoms with Gasteiger partial charge in [0.15, 0.2) is 11.7 Å². The van der Waals surface area contributed by atoms with Crippen molar-refractivity contribution in [2.24, 2.45) is 5.92 Å². The molecule has 0 radical (unpaired) electrons. The summed E-state index contributed by atoms with van der Waals surface area (Å²) in [5.41, 5.74) is 7.36. The van der Waals surface area contributed by atoms with Crippen LogP contribution in [0.3, 0.4) is 0 Å². The van der Waals surface area contributed by atoms with Crippen LogP contribution in [0.1, 0.15) is 41.8 Å². The Kier molecular flexibility index (Phi) is 9.27. The summed E-state index contributed by atoms with van der Waals surface area (Å²) < 4.78 is 11.1. The van der Waals surface area contributed by atoms with Crippen molar-refractivity contribution in [1.29, 1.82) is 0 Å². The van der Waals surface area contributed by atoms with E-state index in [0.717, 1.165) is 17.5 Å². The molecular formula is C23H29N3O4S. The molecule has 0 aliphatic heterocycles. The minimum absolute atomic E-state index is 0.0258. The fourth-order valence-electron chi connectivity index (χ4n) is 2.59. The minimum atomic E-state index is -0.431. The minimum Gasteiger partial charge on any atom is -0.494 e. The Balaban J connectivity index is 1.72. The zero-order valence-corrected chi connectivity index (χ0v) is 19.1. The van der Waals surface area contributed by atoms with Crippen molar-refractivity contribution in [2.75, 3.05) is 13.2 Å². The molecule has 0 aliphatic carbocycles. The van der Waals surface area contributed by atoms with Crippen molar-refractivity contribution in [3.8, 4) is 11.5 Å². The van der Waals surface area contributed by atoms with Crippen molar-refractivity contribution in [3.63, 3.8) is 0 Å². The number of aryl methyl sites for hydroxylation is 2. The van der Waals surface area contributed by atoms with Crippen LogP contribution in [0, 0.1) is 19.8 Å². The number of rotatable bonds is 8. The average Bonchev–Trinajstić information content (AvgIpc) is 2.72. The third kappa shape index (κ3) is 8.64. The van der Waals surface area contributed by atoms with Gasteiger partial charge in [-0.05, 0) is 74.3 Å². The molecule has 0 saturated carbocycles. The molecule has 0 aromatic heterocycles. The van der Waals surface area contributed by atoms with Gasteiger partial charge in [-0.3, -0.25) is 25.8 Å². The van der Waals surface area contributed by atoms with Crippen molar-refractivity contribution < 1.29 is 19.1 Å². The van der Waals surface area contributed by atoms with E-state index in [9.17, 15) is 9.59 Å². The lowest BCUT2D eigenvalue weighted by Crippen LogP contribution is -2.49. The Morgan fingerprint density at radius 3 is 2.35 bits per heavy atom.